The van der Waals surface area contributed by atoms with Gasteiger partial charge in [0.2, 0.25) is 0 Å². The second kappa shape index (κ2) is 3.66. The lowest BCUT2D eigenvalue weighted by molar-refractivity contribution is -0.401. The van der Waals surface area contributed by atoms with Crippen molar-refractivity contribution in [2.24, 2.45) is 5.41 Å². The first kappa shape index (κ1) is 14.2. The normalized spacial score (nSPS) is 34.8. The van der Waals surface area contributed by atoms with Crippen LogP contribution in [-0.2, 0) is 9.47 Å². The molecule has 1 spiro atoms. The Labute approximate surface area is 101 Å². The van der Waals surface area contributed by atoms with E-state index in [1.54, 1.807) is 0 Å². The summed E-state index contributed by atoms with van der Waals surface area (Å²) in [4.78, 5) is 0. The Bertz CT molecular complexity index is 428. The quantitative estimate of drug-likeness (QED) is 0.634. The molecular formula is C9H6F8O2. The minimum absolute atomic E-state index is 1.32. The lowest BCUT2D eigenvalue weighted by Crippen LogP contribution is -2.61. The summed E-state index contributed by atoms with van der Waals surface area (Å²) >= 11 is 0. The van der Waals surface area contributed by atoms with Gasteiger partial charge >= 0.3 is 30.0 Å². The zero-order chi connectivity index (χ0) is 14.7. The van der Waals surface area contributed by atoms with Crippen molar-refractivity contribution in [1.82, 2.24) is 0 Å². The average Bonchev–Trinajstić information content (AvgIpc) is 2.42. The Morgan fingerprint density at radius 3 is 1.89 bits per heavy atom. The van der Waals surface area contributed by atoms with Crippen LogP contribution in [0, 0.1) is 5.41 Å². The second-order valence-corrected chi connectivity index (χ2v) is 4.32. The summed E-state index contributed by atoms with van der Waals surface area (Å²) in [7, 11) is 0. The molecule has 10 heteroatoms. The van der Waals surface area contributed by atoms with Gasteiger partial charge in [0.15, 0.2) is 5.41 Å². The third-order valence-electron chi connectivity index (χ3n) is 3.31. The maximum Gasteiger partial charge on any atom is 0.415 e. The van der Waals surface area contributed by atoms with E-state index in [-0.39, 0.29) is 0 Å². The molecule has 19 heavy (non-hydrogen) atoms. The Morgan fingerprint density at radius 2 is 1.53 bits per heavy atom. The number of hydrogen-bond donors (Lipinski definition) is 0. The topological polar surface area (TPSA) is 18.5 Å². The van der Waals surface area contributed by atoms with E-state index in [1.807, 2.05) is 0 Å². The van der Waals surface area contributed by atoms with Crippen molar-refractivity contribution in [2.75, 3.05) is 6.61 Å². The number of hydrogen-bond acceptors (Lipinski definition) is 2. The zero-order valence-corrected chi connectivity index (χ0v) is 8.96. The van der Waals surface area contributed by atoms with Crippen molar-refractivity contribution in [3.8, 4) is 0 Å². The molecule has 1 atom stereocenters. The van der Waals surface area contributed by atoms with E-state index in [0.29, 0.717) is 0 Å². The van der Waals surface area contributed by atoms with Gasteiger partial charge in [0.25, 0.3) is 0 Å². The zero-order valence-electron chi connectivity index (χ0n) is 8.96. The van der Waals surface area contributed by atoms with Gasteiger partial charge in [-0.1, -0.05) is 0 Å². The van der Waals surface area contributed by atoms with Gasteiger partial charge in [-0.15, -0.1) is 0 Å². The minimum atomic E-state index is -5.14. The van der Waals surface area contributed by atoms with Crippen molar-refractivity contribution in [3.63, 3.8) is 0 Å². The molecule has 2 nitrogen and oxygen atoms in total. The average molecular weight is 298 g/mol. The van der Waals surface area contributed by atoms with Gasteiger partial charge in [-0.05, 0) is 6.42 Å². The van der Waals surface area contributed by atoms with Gasteiger partial charge < -0.3 is 9.47 Å². The highest BCUT2D eigenvalue weighted by atomic mass is 19.3. The standard InChI is InChI=1S/C9H6F8O2/c10-4(11)5-18-3-6(9(16,17)19-5)1-2-7(12,13)8(6,14)15/h1-3H2. The molecule has 0 aromatic rings. The third-order valence-corrected chi connectivity index (χ3v) is 3.31. The van der Waals surface area contributed by atoms with Crippen LogP contribution in [0.4, 0.5) is 35.1 Å². The SMILES string of the molecule is FC(F)=C1OCC2(CCC(F)(F)C2(F)F)C(F)(F)O1. The maximum absolute atomic E-state index is 13.5. The van der Waals surface area contributed by atoms with Crippen LogP contribution in [0.5, 0.6) is 0 Å². The van der Waals surface area contributed by atoms with Crippen molar-refractivity contribution in [1.29, 1.82) is 0 Å². The Morgan fingerprint density at radius 1 is 0.947 bits per heavy atom. The maximum atomic E-state index is 13.5. The molecule has 2 aliphatic rings. The van der Waals surface area contributed by atoms with Gasteiger partial charge in [-0.2, -0.15) is 35.1 Å². The lowest BCUT2D eigenvalue weighted by Gasteiger charge is -2.43. The van der Waals surface area contributed by atoms with E-state index < -0.39 is 54.8 Å². The fourth-order valence-corrected chi connectivity index (χ4v) is 2.13. The molecule has 1 saturated carbocycles. The molecule has 0 aromatic carbocycles. The van der Waals surface area contributed by atoms with Crippen LogP contribution in [0.1, 0.15) is 12.8 Å². The minimum Gasteiger partial charge on any atom is -0.460 e. The molecule has 0 N–H and O–H groups in total. The number of alkyl halides is 6. The highest BCUT2D eigenvalue weighted by molar-refractivity contribution is 5.14. The fourth-order valence-electron chi connectivity index (χ4n) is 2.13. The third kappa shape index (κ3) is 1.61. The Balaban J connectivity index is 2.45. The molecule has 1 aliphatic carbocycles. The van der Waals surface area contributed by atoms with E-state index in [0.717, 1.165) is 0 Å². The highest BCUT2D eigenvalue weighted by Crippen LogP contribution is 2.66. The van der Waals surface area contributed by atoms with Crippen molar-refractivity contribution >= 4 is 0 Å². The molecule has 110 valence electrons. The largest absolute Gasteiger partial charge is 0.460 e. The summed E-state index contributed by atoms with van der Waals surface area (Å²) in [5.41, 5.74) is -3.66. The van der Waals surface area contributed by atoms with Gasteiger partial charge in [-0.3, -0.25) is 0 Å². The molecule has 0 aromatic heterocycles. The Kier molecular flexibility index (Phi) is 2.74. The molecule has 1 saturated heterocycles. The van der Waals surface area contributed by atoms with Gasteiger partial charge in [0.05, 0.1) is 0 Å². The van der Waals surface area contributed by atoms with E-state index >= 15 is 0 Å². The lowest BCUT2D eigenvalue weighted by atomic mass is 9.81. The smallest absolute Gasteiger partial charge is 0.415 e. The Hall–Kier alpha value is -1.22. The molecule has 1 heterocycles. The van der Waals surface area contributed by atoms with Crippen LogP contribution in [-0.4, -0.2) is 24.6 Å². The van der Waals surface area contributed by atoms with Crippen LogP contribution in [0.15, 0.2) is 12.0 Å². The summed E-state index contributed by atoms with van der Waals surface area (Å²) in [5.74, 6) is -11.7. The molecule has 2 rings (SSSR count). The van der Waals surface area contributed by atoms with Crippen LogP contribution >= 0.6 is 0 Å². The van der Waals surface area contributed by atoms with E-state index in [2.05, 4.69) is 9.47 Å². The monoisotopic (exact) mass is 298 g/mol. The fraction of sp³-hybridized carbons (Fsp3) is 0.778. The number of halogens is 8. The first-order valence-electron chi connectivity index (χ1n) is 4.97. The van der Waals surface area contributed by atoms with Crippen LogP contribution in [0.25, 0.3) is 0 Å². The first-order valence-corrected chi connectivity index (χ1v) is 4.97. The number of ether oxygens (including phenoxy) is 2. The van der Waals surface area contributed by atoms with Crippen LogP contribution in [0.3, 0.4) is 0 Å². The van der Waals surface area contributed by atoms with E-state index in [1.165, 1.54) is 0 Å². The van der Waals surface area contributed by atoms with E-state index in [9.17, 15) is 35.1 Å². The van der Waals surface area contributed by atoms with Gasteiger partial charge in [0.1, 0.15) is 6.61 Å². The van der Waals surface area contributed by atoms with Gasteiger partial charge in [-0.25, -0.2) is 0 Å². The molecule has 1 unspecified atom stereocenters. The summed E-state index contributed by atoms with van der Waals surface area (Å²) in [5, 5.41) is 0. The highest BCUT2D eigenvalue weighted by Gasteiger charge is 2.84. The first-order chi connectivity index (χ1) is 8.47. The molecule has 0 bridgehead atoms. The molecule has 0 radical (unpaired) electrons. The predicted molar refractivity (Wildman–Crippen MR) is 42.8 cm³/mol. The van der Waals surface area contributed by atoms with Crippen molar-refractivity contribution < 1.29 is 44.6 Å². The molecular weight excluding hydrogens is 292 g/mol. The summed E-state index contributed by atoms with van der Waals surface area (Å²) in [6.07, 6.45) is -10.5. The summed E-state index contributed by atoms with van der Waals surface area (Å²) in [6, 6.07) is 0. The summed E-state index contributed by atoms with van der Waals surface area (Å²) in [6.45, 7) is -1.69. The van der Waals surface area contributed by atoms with Crippen molar-refractivity contribution in [2.45, 2.75) is 30.8 Å². The molecule has 1 aliphatic heterocycles. The van der Waals surface area contributed by atoms with Crippen LogP contribution < -0.4 is 0 Å². The summed E-state index contributed by atoms with van der Waals surface area (Å²) < 4.78 is 111. The number of rotatable bonds is 0. The van der Waals surface area contributed by atoms with E-state index in [4.69, 9.17) is 0 Å². The predicted octanol–water partition coefficient (Wildman–Crippen LogP) is 3.74. The molecule has 2 fully saturated rings. The molecule has 0 amide bonds. The van der Waals surface area contributed by atoms with Crippen molar-refractivity contribution in [3.05, 3.63) is 12.0 Å². The van der Waals surface area contributed by atoms with Crippen LogP contribution in [0.2, 0.25) is 0 Å². The van der Waals surface area contributed by atoms with Gasteiger partial charge in [0, 0.05) is 6.42 Å². The second-order valence-electron chi connectivity index (χ2n) is 4.32.